The number of hydrogen-bond acceptors (Lipinski definition) is 4. The fourth-order valence-electron chi connectivity index (χ4n) is 2.84. The van der Waals surface area contributed by atoms with Gasteiger partial charge in [0.1, 0.15) is 6.54 Å². The molecule has 0 radical (unpaired) electrons. The Bertz CT molecular complexity index is 1250. The molecule has 0 aliphatic carbocycles. The lowest BCUT2D eigenvalue weighted by Gasteiger charge is -2.24. The maximum absolute atomic E-state index is 13.3. The SMILES string of the molecule is CC(=NNC(=O)CN(c1ccc(C)c(Cl)c1)S(=O)(=O)c1ccccc1)c1ccc(I)cc1. The highest BCUT2D eigenvalue weighted by molar-refractivity contribution is 14.1. The van der Waals surface area contributed by atoms with Crippen molar-refractivity contribution in [2.24, 2.45) is 5.10 Å². The van der Waals surface area contributed by atoms with Crippen LogP contribution in [0.4, 0.5) is 5.69 Å². The van der Waals surface area contributed by atoms with Gasteiger partial charge in [0.2, 0.25) is 0 Å². The lowest BCUT2D eigenvalue weighted by atomic mass is 10.1. The van der Waals surface area contributed by atoms with Crippen molar-refractivity contribution < 1.29 is 13.2 Å². The van der Waals surface area contributed by atoms with E-state index >= 15 is 0 Å². The summed E-state index contributed by atoms with van der Waals surface area (Å²) in [4.78, 5) is 12.8. The van der Waals surface area contributed by atoms with E-state index in [4.69, 9.17) is 11.6 Å². The Labute approximate surface area is 206 Å². The number of sulfonamides is 1. The van der Waals surface area contributed by atoms with E-state index in [2.05, 4.69) is 33.1 Å². The summed E-state index contributed by atoms with van der Waals surface area (Å²) < 4.78 is 28.8. The van der Waals surface area contributed by atoms with Crippen molar-refractivity contribution in [1.29, 1.82) is 0 Å². The molecule has 6 nitrogen and oxygen atoms in total. The first-order valence-corrected chi connectivity index (χ1v) is 12.5. The van der Waals surface area contributed by atoms with Gasteiger partial charge in [-0.15, -0.1) is 0 Å². The molecule has 0 atom stereocenters. The molecule has 9 heteroatoms. The molecular weight excluding hydrogens is 561 g/mol. The third-order valence-electron chi connectivity index (χ3n) is 4.67. The summed E-state index contributed by atoms with van der Waals surface area (Å²) in [6.07, 6.45) is 0. The summed E-state index contributed by atoms with van der Waals surface area (Å²) in [6, 6.07) is 20.5. The van der Waals surface area contributed by atoms with Gasteiger partial charge in [-0.25, -0.2) is 13.8 Å². The number of anilines is 1. The third-order valence-corrected chi connectivity index (χ3v) is 7.59. The zero-order valence-electron chi connectivity index (χ0n) is 17.4. The average Bonchev–Trinajstić information content (AvgIpc) is 2.78. The van der Waals surface area contributed by atoms with Gasteiger partial charge in [-0.2, -0.15) is 5.10 Å². The molecule has 3 rings (SSSR count). The lowest BCUT2D eigenvalue weighted by molar-refractivity contribution is -0.119. The highest BCUT2D eigenvalue weighted by Gasteiger charge is 2.27. The third kappa shape index (κ3) is 5.87. The average molecular weight is 582 g/mol. The van der Waals surface area contributed by atoms with E-state index < -0.39 is 22.5 Å². The molecule has 0 bridgehead atoms. The summed E-state index contributed by atoms with van der Waals surface area (Å²) in [5.74, 6) is -0.578. The Morgan fingerprint density at radius 2 is 1.72 bits per heavy atom. The van der Waals surface area contributed by atoms with Crippen LogP contribution in [0, 0.1) is 10.5 Å². The summed E-state index contributed by atoms with van der Waals surface area (Å²) >= 11 is 8.43. The van der Waals surface area contributed by atoms with Crippen LogP contribution in [0.3, 0.4) is 0 Å². The fourth-order valence-corrected chi connectivity index (χ4v) is 4.81. The maximum Gasteiger partial charge on any atom is 0.264 e. The molecule has 0 aliphatic rings. The van der Waals surface area contributed by atoms with Crippen LogP contribution in [0.2, 0.25) is 5.02 Å². The van der Waals surface area contributed by atoms with Gasteiger partial charge in [-0.05, 0) is 84.0 Å². The highest BCUT2D eigenvalue weighted by atomic mass is 127. The predicted molar refractivity (Wildman–Crippen MR) is 137 cm³/mol. The van der Waals surface area contributed by atoms with Gasteiger partial charge in [-0.1, -0.05) is 48.0 Å². The van der Waals surface area contributed by atoms with Gasteiger partial charge < -0.3 is 0 Å². The molecule has 1 amide bonds. The summed E-state index contributed by atoms with van der Waals surface area (Å²) in [6.45, 7) is 3.12. The first kappa shape index (κ1) is 24.2. The molecular formula is C23H21ClIN3O3S. The van der Waals surface area contributed by atoms with Gasteiger partial charge in [0.25, 0.3) is 15.9 Å². The number of nitrogens with one attached hydrogen (secondary N) is 1. The largest absolute Gasteiger partial charge is 0.271 e. The number of carbonyl (C=O) groups is 1. The van der Waals surface area contributed by atoms with Crippen LogP contribution in [-0.2, 0) is 14.8 Å². The second kappa shape index (κ2) is 10.5. The number of hydrazone groups is 1. The Morgan fingerprint density at radius 3 is 2.34 bits per heavy atom. The fraction of sp³-hybridized carbons (Fsp3) is 0.130. The molecule has 0 spiro atoms. The van der Waals surface area contributed by atoms with Gasteiger partial charge in [-0.3, -0.25) is 9.10 Å². The van der Waals surface area contributed by atoms with Gasteiger partial charge >= 0.3 is 0 Å². The van der Waals surface area contributed by atoms with E-state index in [0.29, 0.717) is 10.7 Å². The Balaban J connectivity index is 1.88. The van der Waals surface area contributed by atoms with Crippen molar-refractivity contribution in [3.05, 3.63) is 92.5 Å². The topological polar surface area (TPSA) is 78.8 Å². The van der Waals surface area contributed by atoms with E-state index in [1.165, 1.54) is 18.2 Å². The Morgan fingerprint density at radius 1 is 1.06 bits per heavy atom. The Hall–Kier alpha value is -2.43. The summed E-state index contributed by atoms with van der Waals surface area (Å²) in [7, 11) is -4.01. The van der Waals surface area contributed by atoms with Gasteiger partial charge in [0.15, 0.2) is 0 Å². The molecule has 0 saturated carbocycles. The van der Waals surface area contributed by atoms with Crippen molar-refractivity contribution in [2.45, 2.75) is 18.7 Å². The zero-order chi connectivity index (χ0) is 23.3. The molecule has 3 aromatic rings. The normalized spacial score (nSPS) is 11.8. The van der Waals surface area contributed by atoms with Crippen molar-refractivity contribution in [3.8, 4) is 0 Å². The minimum absolute atomic E-state index is 0.0723. The molecule has 0 fully saturated rings. The molecule has 0 aliphatic heterocycles. The van der Waals surface area contributed by atoms with E-state index in [9.17, 15) is 13.2 Å². The van der Waals surface area contributed by atoms with Gasteiger partial charge in [0.05, 0.1) is 16.3 Å². The first-order chi connectivity index (χ1) is 15.2. The molecule has 1 N–H and O–H groups in total. The molecule has 0 unspecified atom stereocenters. The van der Waals surface area contributed by atoms with Crippen molar-refractivity contribution in [1.82, 2.24) is 5.43 Å². The molecule has 3 aromatic carbocycles. The minimum Gasteiger partial charge on any atom is -0.271 e. The second-order valence-corrected chi connectivity index (χ2v) is 10.5. The zero-order valence-corrected chi connectivity index (χ0v) is 21.1. The molecule has 0 heterocycles. The van der Waals surface area contributed by atoms with Crippen molar-refractivity contribution >= 4 is 61.5 Å². The van der Waals surface area contributed by atoms with E-state index in [-0.39, 0.29) is 10.6 Å². The van der Waals surface area contributed by atoms with Crippen LogP contribution < -0.4 is 9.73 Å². The Kier molecular flexibility index (Phi) is 7.91. The quantitative estimate of drug-likeness (QED) is 0.243. The minimum atomic E-state index is -4.01. The number of rotatable bonds is 7. The number of aryl methyl sites for hydroxylation is 1. The van der Waals surface area contributed by atoms with E-state index in [1.54, 1.807) is 37.3 Å². The molecule has 166 valence electrons. The van der Waals surface area contributed by atoms with Crippen molar-refractivity contribution in [3.63, 3.8) is 0 Å². The lowest BCUT2D eigenvalue weighted by Crippen LogP contribution is -2.39. The van der Waals surface area contributed by atoms with Crippen LogP contribution >= 0.6 is 34.2 Å². The van der Waals surface area contributed by atoms with Crippen LogP contribution in [0.5, 0.6) is 0 Å². The van der Waals surface area contributed by atoms with E-state index in [1.807, 2.05) is 31.2 Å². The number of nitrogens with zero attached hydrogens (tertiary/aromatic N) is 2. The number of halogens is 2. The van der Waals surface area contributed by atoms with E-state index in [0.717, 1.165) is 19.0 Å². The maximum atomic E-state index is 13.3. The molecule has 32 heavy (non-hydrogen) atoms. The monoisotopic (exact) mass is 581 g/mol. The van der Waals surface area contributed by atoms with Gasteiger partial charge in [0, 0.05) is 8.59 Å². The molecule has 0 aromatic heterocycles. The smallest absolute Gasteiger partial charge is 0.264 e. The van der Waals surface area contributed by atoms with Crippen LogP contribution in [0.1, 0.15) is 18.1 Å². The highest BCUT2D eigenvalue weighted by Crippen LogP contribution is 2.27. The number of amides is 1. The van der Waals surface area contributed by atoms with Crippen LogP contribution in [-0.4, -0.2) is 26.6 Å². The first-order valence-electron chi connectivity index (χ1n) is 9.61. The predicted octanol–water partition coefficient (Wildman–Crippen LogP) is 4.99. The number of carbonyl (C=O) groups excluding carboxylic acids is 1. The number of benzene rings is 3. The summed E-state index contributed by atoms with van der Waals surface area (Å²) in [5, 5.41) is 4.53. The van der Waals surface area contributed by atoms with Crippen LogP contribution in [0.25, 0.3) is 0 Å². The number of hydrogen-bond donors (Lipinski definition) is 1. The molecule has 0 saturated heterocycles. The summed E-state index contributed by atoms with van der Waals surface area (Å²) in [5.41, 5.74) is 5.00. The van der Waals surface area contributed by atoms with Crippen molar-refractivity contribution in [2.75, 3.05) is 10.8 Å². The standard InChI is InChI=1S/C23H21ClIN3O3S/c1-16-8-13-20(14-22(16)24)28(32(30,31)21-6-4-3-5-7-21)15-23(29)27-26-17(2)18-9-11-19(25)12-10-18/h3-14H,15H2,1-2H3,(H,27,29). The van der Waals surface area contributed by atoms with Crippen LogP contribution in [0.15, 0.2) is 82.8 Å². The second-order valence-electron chi connectivity index (χ2n) is 7.00.